The van der Waals surface area contributed by atoms with Crippen molar-refractivity contribution >= 4 is 17.4 Å². The molecule has 1 N–H and O–H groups in total. The monoisotopic (exact) mass is 323 g/mol. The van der Waals surface area contributed by atoms with Gasteiger partial charge in [0.15, 0.2) is 12.4 Å². The third-order valence-corrected chi connectivity index (χ3v) is 4.22. The lowest BCUT2D eigenvalue weighted by Crippen LogP contribution is -2.13. The molecule has 0 aliphatic heterocycles. The van der Waals surface area contributed by atoms with Gasteiger partial charge in [-0.1, -0.05) is 12.1 Å². The van der Waals surface area contributed by atoms with E-state index in [1.54, 1.807) is 24.3 Å². The van der Waals surface area contributed by atoms with Gasteiger partial charge in [-0.3, -0.25) is 9.59 Å². The van der Waals surface area contributed by atoms with Crippen molar-refractivity contribution in [1.29, 1.82) is 0 Å². The molecule has 0 bridgehead atoms. The van der Waals surface area contributed by atoms with Gasteiger partial charge in [0.05, 0.1) is 0 Å². The Morgan fingerprint density at radius 2 is 1.71 bits per heavy atom. The van der Waals surface area contributed by atoms with Gasteiger partial charge in [-0.15, -0.1) is 0 Å². The molecule has 2 aromatic carbocycles. The summed E-state index contributed by atoms with van der Waals surface area (Å²) in [5, 5.41) is 2.69. The molecule has 1 aliphatic rings. The van der Waals surface area contributed by atoms with E-state index in [0.29, 0.717) is 17.0 Å². The van der Waals surface area contributed by atoms with Crippen molar-refractivity contribution in [3.63, 3.8) is 0 Å². The molecule has 4 nitrogen and oxygen atoms in total. The molecule has 0 fully saturated rings. The maximum absolute atomic E-state index is 12.3. The van der Waals surface area contributed by atoms with Crippen molar-refractivity contribution < 1.29 is 14.3 Å². The summed E-state index contributed by atoms with van der Waals surface area (Å²) in [4.78, 5) is 23.3. The molecule has 0 spiro atoms. The summed E-state index contributed by atoms with van der Waals surface area (Å²) in [6.07, 6.45) is 4.60. The number of nitrogens with one attached hydrogen (secondary N) is 1. The number of amides is 1. The minimum Gasteiger partial charge on any atom is -0.485 e. The lowest BCUT2D eigenvalue weighted by molar-refractivity contribution is -0.114. The Kier molecular flexibility index (Phi) is 4.94. The maximum atomic E-state index is 12.3. The quantitative estimate of drug-likeness (QED) is 0.852. The topological polar surface area (TPSA) is 55.4 Å². The van der Waals surface area contributed by atoms with Crippen LogP contribution in [0.2, 0.25) is 0 Å². The number of aryl methyl sites for hydroxylation is 2. The standard InChI is InChI=1S/C20H21NO3/c1-14(22)21-18-8-10-19(11-9-18)24-13-20(23)17-7-6-15-4-2-3-5-16(15)12-17/h6-12H,2-5,13H2,1H3,(H,21,22). The summed E-state index contributed by atoms with van der Waals surface area (Å²) in [6.45, 7) is 1.47. The Labute approximate surface area is 141 Å². The summed E-state index contributed by atoms with van der Waals surface area (Å²) >= 11 is 0. The highest BCUT2D eigenvalue weighted by molar-refractivity contribution is 5.97. The van der Waals surface area contributed by atoms with Crippen LogP contribution in [0.3, 0.4) is 0 Å². The molecule has 124 valence electrons. The number of ketones is 1. The van der Waals surface area contributed by atoms with E-state index in [1.807, 2.05) is 12.1 Å². The average Bonchev–Trinajstić information content (AvgIpc) is 2.60. The van der Waals surface area contributed by atoms with E-state index in [1.165, 1.54) is 30.9 Å². The van der Waals surface area contributed by atoms with E-state index in [9.17, 15) is 9.59 Å². The first-order valence-electron chi connectivity index (χ1n) is 8.27. The van der Waals surface area contributed by atoms with Crippen molar-refractivity contribution in [3.05, 3.63) is 59.2 Å². The lowest BCUT2D eigenvalue weighted by atomic mass is 9.90. The molecule has 3 rings (SSSR count). The predicted molar refractivity (Wildman–Crippen MR) is 93.7 cm³/mol. The van der Waals surface area contributed by atoms with Gasteiger partial charge in [-0.2, -0.15) is 0 Å². The van der Waals surface area contributed by atoms with Gasteiger partial charge in [-0.25, -0.2) is 0 Å². The van der Waals surface area contributed by atoms with E-state index < -0.39 is 0 Å². The number of anilines is 1. The van der Waals surface area contributed by atoms with Gasteiger partial charge >= 0.3 is 0 Å². The number of fused-ring (bicyclic) bond motifs is 1. The highest BCUT2D eigenvalue weighted by Gasteiger charge is 2.13. The van der Waals surface area contributed by atoms with Gasteiger partial charge in [0, 0.05) is 18.2 Å². The van der Waals surface area contributed by atoms with Crippen LogP contribution < -0.4 is 10.1 Å². The zero-order valence-electron chi connectivity index (χ0n) is 13.8. The van der Waals surface area contributed by atoms with Crippen LogP contribution in [-0.4, -0.2) is 18.3 Å². The fraction of sp³-hybridized carbons (Fsp3) is 0.300. The largest absolute Gasteiger partial charge is 0.485 e. The Balaban J connectivity index is 1.60. The maximum Gasteiger partial charge on any atom is 0.221 e. The third-order valence-electron chi connectivity index (χ3n) is 4.22. The zero-order chi connectivity index (χ0) is 16.9. The van der Waals surface area contributed by atoms with Crippen LogP contribution in [0.25, 0.3) is 0 Å². The smallest absolute Gasteiger partial charge is 0.221 e. The van der Waals surface area contributed by atoms with Crippen LogP contribution >= 0.6 is 0 Å². The van der Waals surface area contributed by atoms with E-state index in [2.05, 4.69) is 11.4 Å². The Hall–Kier alpha value is -2.62. The van der Waals surface area contributed by atoms with Gasteiger partial charge in [0.25, 0.3) is 0 Å². The molecule has 0 saturated heterocycles. The molecule has 0 unspecified atom stereocenters. The van der Waals surface area contributed by atoms with Crippen molar-refractivity contribution in [2.75, 3.05) is 11.9 Å². The second-order valence-corrected chi connectivity index (χ2v) is 6.11. The molecule has 0 saturated carbocycles. The van der Waals surface area contributed by atoms with Crippen LogP contribution in [0.5, 0.6) is 5.75 Å². The van der Waals surface area contributed by atoms with Crippen LogP contribution in [0, 0.1) is 0 Å². The normalized spacial score (nSPS) is 13.0. The molecule has 24 heavy (non-hydrogen) atoms. The molecule has 0 heterocycles. The van der Waals surface area contributed by atoms with Gasteiger partial charge in [-0.05, 0) is 67.1 Å². The van der Waals surface area contributed by atoms with Crippen LogP contribution in [0.1, 0.15) is 41.3 Å². The number of hydrogen-bond donors (Lipinski definition) is 1. The fourth-order valence-electron chi connectivity index (χ4n) is 2.98. The van der Waals surface area contributed by atoms with Crippen molar-refractivity contribution in [3.8, 4) is 5.75 Å². The van der Waals surface area contributed by atoms with E-state index in [-0.39, 0.29) is 18.3 Å². The number of Topliss-reactive ketones (excluding diaryl/α,β-unsaturated/α-hetero) is 1. The van der Waals surface area contributed by atoms with Crippen molar-refractivity contribution in [2.45, 2.75) is 32.6 Å². The summed E-state index contributed by atoms with van der Waals surface area (Å²) in [5.74, 6) is 0.468. The Morgan fingerprint density at radius 3 is 2.42 bits per heavy atom. The number of rotatable bonds is 5. The van der Waals surface area contributed by atoms with Crippen molar-refractivity contribution in [1.82, 2.24) is 0 Å². The molecule has 1 amide bonds. The SMILES string of the molecule is CC(=O)Nc1ccc(OCC(=O)c2ccc3c(c2)CCCC3)cc1. The van der Waals surface area contributed by atoms with Crippen LogP contribution in [0.15, 0.2) is 42.5 Å². The minimum atomic E-state index is -0.119. The lowest BCUT2D eigenvalue weighted by Gasteiger charge is -2.16. The summed E-state index contributed by atoms with van der Waals surface area (Å²) in [5.41, 5.74) is 4.08. The highest BCUT2D eigenvalue weighted by Crippen LogP contribution is 2.22. The number of carbonyl (C=O) groups is 2. The van der Waals surface area contributed by atoms with Crippen molar-refractivity contribution in [2.24, 2.45) is 0 Å². The summed E-state index contributed by atoms with van der Waals surface area (Å²) < 4.78 is 5.56. The minimum absolute atomic E-state index is 0.0122. The number of benzene rings is 2. The first-order chi connectivity index (χ1) is 11.6. The first-order valence-corrected chi connectivity index (χ1v) is 8.27. The molecule has 1 aliphatic carbocycles. The second-order valence-electron chi connectivity index (χ2n) is 6.11. The van der Waals surface area contributed by atoms with E-state index in [0.717, 1.165) is 12.8 Å². The third kappa shape index (κ3) is 4.02. The van der Waals surface area contributed by atoms with Gasteiger partial charge < -0.3 is 10.1 Å². The Morgan fingerprint density at radius 1 is 1.00 bits per heavy atom. The molecule has 0 radical (unpaired) electrons. The van der Waals surface area contributed by atoms with Crippen LogP contribution in [-0.2, 0) is 17.6 Å². The molecular weight excluding hydrogens is 302 g/mol. The summed E-state index contributed by atoms with van der Waals surface area (Å²) in [6, 6.07) is 13.0. The average molecular weight is 323 g/mol. The molecule has 0 aromatic heterocycles. The summed E-state index contributed by atoms with van der Waals surface area (Å²) in [7, 11) is 0. The Bertz CT molecular complexity index is 750. The number of carbonyl (C=O) groups excluding carboxylic acids is 2. The first kappa shape index (κ1) is 16.2. The predicted octanol–water partition coefficient (Wildman–Crippen LogP) is 3.79. The van der Waals surface area contributed by atoms with E-state index in [4.69, 9.17) is 4.74 Å². The number of ether oxygens (including phenoxy) is 1. The molecule has 4 heteroatoms. The van der Waals surface area contributed by atoms with Gasteiger partial charge in [0.1, 0.15) is 5.75 Å². The second kappa shape index (κ2) is 7.30. The molecule has 2 aromatic rings. The molecule has 0 atom stereocenters. The molecular formula is C20H21NO3. The van der Waals surface area contributed by atoms with E-state index >= 15 is 0 Å². The van der Waals surface area contributed by atoms with Gasteiger partial charge in [0.2, 0.25) is 5.91 Å². The number of hydrogen-bond acceptors (Lipinski definition) is 3. The fourth-order valence-corrected chi connectivity index (χ4v) is 2.98. The highest BCUT2D eigenvalue weighted by atomic mass is 16.5. The van der Waals surface area contributed by atoms with Crippen LogP contribution in [0.4, 0.5) is 5.69 Å². The zero-order valence-corrected chi connectivity index (χ0v) is 13.8.